The molecule has 2 heterocycles. The third-order valence-corrected chi connectivity index (χ3v) is 5.72. The normalized spacial score (nSPS) is 19.8. The Bertz CT molecular complexity index is 1080. The van der Waals surface area contributed by atoms with Gasteiger partial charge >= 0.3 is 6.18 Å². The van der Waals surface area contributed by atoms with Crippen LogP contribution in [0.15, 0.2) is 54.2 Å². The van der Waals surface area contributed by atoms with Crippen LogP contribution in [0.3, 0.4) is 0 Å². The molecule has 2 aliphatic rings. The number of benzene rings is 2. The highest BCUT2D eigenvalue weighted by Crippen LogP contribution is 2.38. The summed E-state index contributed by atoms with van der Waals surface area (Å²) in [7, 11) is 0. The summed E-state index contributed by atoms with van der Waals surface area (Å²) in [5.41, 5.74) is -0.825. The Kier molecular flexibility index (Phi) is 5.77. The number of nitrogens with zero attached hydrogens (tertiary/aromatic N) is 2. The van der Waals surface area contributed by atoms with Crippen molar-refractivity contribution in [3.8, 4) is 0 Å². The number of rotatable bonds is 4. The predicted molar refractivity (Wildman–Crippen MR) is 109 cm³/mol. The van der Waals surface area contributed by atoms with Crippen molar-refractivity contribution in [3.05, 3.63) is 71.2 Å². The second-order valence-electron chi connectivity index (χ2n) is 7.86. The molecule has 2 aromatic carbocycles. The summed E-state index contributed by atoms with van der Waals surface area (Å²) in [6, 6.07) is 9.04. The van der Waals surface area contributed by atoms with Crippen LogP contribution in [0.2, 0.25) is 0 Å². The number of anilines is 1. The lowest BCUT2D eigenvalue weighted by Gasteiger charge is -2.34. The Hall–Kier alpha value is -3.20. The van der Waals surface area contributed by atoms with Gasteiger partial charge in [0.05, 0.1) is 16.8 Å². The smallest absolute Gasteiger partial charge is 0.396 e. The van der Waals surface area contributed by atoms with Crippen molar-refractivity contribution in [2.45, 2.75) is 19.0 Å². The maximum Gasteiger partial charge on any atom is 0.416 e. The van der Waals surface area contributed by atoms with Gasteiger partial charge in [-0.1, -0.05) is 18.2 Å². The van der Waals surface area contributed by atoms with E-state index in [-0.39, 0.29) is 29.5 Å². The fourth-order valence-corrected chi connectivity index (χ4v) is 4.16. The van der Waals surface area contributed by atoms with E-state index in [2.05, 4.69) is 0 Å². The van der Waals surface area contributed by atoms with Gasteiger partial charge in [0, 0.05) is 19.7 Å². The number of piperidine rings is 1. The lowest BCUT2D eigenvalue weighted by molar-refractivity contribution is -0.137. The SMILES string of the molecule is O=C1C(c2ccc(F)cc2)=C(N2CCCC(CO)C2)C(=O)N1c1cccc(C(F)(F)F)c1. The molecular weight excluding hydrogens is 428 g/mol. The van der Waals surface area contributed by atoms with Gasteiger partial charge in [0.2, 0.25) is 0 Å². The van der Waals surface area contributed by atoms with E-state index in [0.29, 0.717) is 25.1 Å². The Morgan fingerprint density at radius 2 is 1.75 bits per heavy atom. The van der Waals surface area contributed by atoms with E-state index in [1.165, 1.54) is 18.2 Å². The van der Waals surface area contributed by atoms with Crippen LogP contribution in [0.1, 0.15) is 24.0 Å². The van der Waals surface area contributed by atoms with Crippen LogP contribution in [-0.4, -0.2) is 41.5 Å². The molecule has 1 unspecified atom stereocenters. The first kappa shape index (κ1) is 22.0. The van der Waals surface area contributed by atoms with Gasteiger partial charge in [-0.25, -0.2) is 9.29 Å². The van der Waals surface area contributed by atoms with Crippen LogP contribution in [-0.2, 0) is 15.8 Å². The molecule has 2 aliphatic heterocycles. The molecule has 1 fully saturated rings. The molecule has 1 saturated heterocycles. The summed E-state index contributed by atoms with van der Waals surface area (Å²) >= 11 is 0. The predicted octanol–water partition coefficient (Wildman–Crippen LogP) is 3.83. The Morgan fingerprint density at radius 3 is 2.41 bits per heavy atom. The first-order valence-corrected chi connectivity index (χ1v) is 10.1. The molecule has 0 saturated carbocycles. The molecule has 32 heavy (non-hydrogen) atoms. The van der Waals surface area contributed by atoms with Crippen LogP contribution >= 0.6 is 0 Å². The molecule has 168 valence electrons. The van der Waals surface area contributed by atoms with E-state index >= 15 is 0 Å². The van der Waals surface area contributed by atoms with Crippen molar-refractivity contribution < 1.29 is 32.3 Å². The van der Waals surface area contributed by atoms with Crippen LogP contribution in [0.25, 0.3) is 5.57 Å². The van der Waals surface area contributed by atoms with Gasteiger partial charge in [0.25, 0.3) is 11.8 Å². The minimum Gasteiger partial charge on any atom is -0.396 e. The molecule has 2 aromatic rings. The quantitative estimate of drug-likeness (QED) is 0.571. The molecule has 9 heteroatoms. The summed E-state index contributed by atoms with van der Waals surface area (Å²) in [6.07, 6.45) is -3.21. The molecule has 5 nitrogen and oxygen atoms in total. The number of amides is 2. The van der Waals surface area contributed by atoms with Crippen LogP contribution in [0, 0.1) is 11.7 Å². The van der Waals surface area contributed by atoms with Crippen LogP contribution in [0.5, 0.6) is 0 Å². The second-order valence-corrected chi connectivity index (χ2v) is 7.86. The zero-order valence-corrected chi connectivity index (χ0v) is 16.9. The standard InChI is InChI=1S/C23H20F4N2O3/c24-17-8-6-15(7-9-17)19-20(28-10-2-3-14(12-28)13-30)22(32)29(21(19)31)18-5-1-4-16(11-18)23(25,26)27/h1,4-9,11,14,30H,2-3,10,12-13H2. The average molecular weight is 448 g/mol. The Morgan fingerprint density at radius 1 is 1.03 bits per heavy atom. The average Bonchev–Trinajstić information content (AvgIpc) is 3.04. The number of likely N-dealkylation sites (tertiary alicyclic amines) is 1. The van der Waals surface area contributed by atoms with E-state index in [1.54, 1.807) is 4.90 Å². The fraction of sp³-hybridized carbons (Fsp3) is 0.304. The highest BCUT2D eigenvalue weighted by atomic mass is 19.4. The first-order valence-electron chi connectivity index (χ1n) is 10.1. The van der Waals surface area contributed by atoms with Crippen LogP contribution in [0.4, 0.5) is 23.2 Å². The molecule has 0 bridgehead atoms. The number of aliphatic hydroxyl groups is 1. The number of imide groups is 1. The summed E-state index contributed by atoms with van der Waals surface area (Å²) in [5.74, 6) is -2.15. The number of carbonyl (C=O) groups is 2. The van der Waals surface area contributed by atoms with E-state index in [0.717, 1.165) is 41.7 Å². The molecule has 0 aromatic heterocycles. The molecule has 0 radical (unpaired) electrons. The van der Waals surface area contributed by atoms with E-state index in [1.807, 2.05) is 0 Å². The maximum atomic E-state index is 13.5. The van der Waals surface area contributed by atoms with Crippen molar-refractivity contribution in [3.63, 3.8) is 0 Å². The largest absolute Gasteiger partial charge is 0.416 e. The zero-order valence-electron chi connectivity index (χ0n) is 16.9. The van der Waals surface area contributed by atoms with Crippen molar-refractivity contribution in [2.75, 3.05) is 24.6 Å². The minimum absolute atomic E-state index is 0.00556. The van der Waals surface area contributed by atoms with E-state index in [4.69, 9.17) is 0 Å². The van der Waals surface area contributed by atoms with Gasteiger partial charge < -0.3 is 10.0 Å². The van der Waals surface area contributed by atoms with Crippen molar-refractivity contribution in [1.82, 2.24) is 4.90 Å². The maximum absolute atomic E-state index is 13.5. The lowest BCUT2D eigenvalue weighted by Crippen LogP contribution is -2.40. The van der Waals surface area contributed by atoms with Crippen molar-refractivity contribution >= 4 is 23.1 Å². The molecule has 1 N–H and O–H groups in total. The number of hydrogen-bond donors (Lipinski definition) is 1. The third-order valence-electron chi connectivity index (χ3n) is 5.72. The Balaban J connectivity index is 1.81. The number of alkyl halides is 3. The number of aliphatic hydroxyl groups excluding tert-OH is 1. The van der Waals surface area contributed by atoms with Crippen molar-refractivity contribution in [2.24, 2.45) is 5.92 Å². The zero-order chi connectivity index (χ0) is 23.0. The molecular formula is C23H20F4N2O3. The fourth-order valence-electron chi connectivity index (χ4n) is 4.16. The monoisotopic (exact) mass is 448 g/mol. The second kappa shape index (κ2) is 8.38. The van der Waals surface area contributed by atoms with Gasteiger partial charge in [-0.05, 0) is 54.7 Å². The van der Waals surface area contributed by atoms with Crippen molar-refractivity contribution in [1.29, 1.82) is 0 Å². The van der Waals surface area contributed by atoms with Gasteiger partial charge in [-0.2, -0.15) is 13.2 Å². The lowest BCUT2D eigenvalue weighted by atomic mass is 9.97. The minimum atomic E-state index is -4.64. The third kappa shape index (κ3) is 4.00. The van der Waals surface area contributed by atoms with Gasteiger partial charge in [-0.3, -0.25) is 9.59 Å². The molecule has 0 spiro atoms. The topological polar surface area (TPSA) is 60.9 Å². The summed E-state index contributed by atoms with van der Waals surface area (Å²) in [4.78, 5) is 29.2. The van der Waals surface area contributed by atoms with Crippen LogP contribution < -0.4 is 4.90 Å². The molecule has 1 atom stereocenters. The van der Waals surface area contributed by atoms with Gasteiger partial charge in [0.1, 0.15) is 11.5 Å². The summed E-state index contributed by atoms with van der Waals surface area (Å²) < 4.78 is 53.1. The number of halogens is 4. The van der Waals surface area contributed by atoms with Gasteiger partial charge in [0.15, 0.2) is 0 Å². The van der Waals surface area contributed by atoms with Gasteiger partial charge in [-0.15, -0.1) is 0 Å². The molecule has 4 rings (SSSR count). The molecule has 0 aliphatic carbocycles. The summed E-state index contributed by atoms with van der Waals surface area (Å²) in [5, 5.41) is 9.57. The summed E-state index contributed by atoms with van der Waals surface area (Å²) in [6.45, 7) is 0.688. The molecule has 2 amide bonds. The van der Waals surface area contributed by atoms with E-state index in [9.17, 15) is 32.3 Å². The first-order chi connectivity index (χ1) is 15.2. The van der Waals surface area contributed by atoms with E-state index < -0.39 is 29.4 Å². The number of hydrogen-bond acceptors (Lipinski definition) is 4. The Labute approximate surface area is 181 Å². The highest BCUT2D eigenvalue weighted by molar-refractivity contribution is 6.45. The highest BCUT2D eigenvalue weighted by Gasteiger charge is 2.44. The number of carbonyl (C=O) groups excluding carboxylic acids is 2.